The Hall–Kier alpha value is -5.91. The Labute approximate surface area is 376 Å². The van der Waals surface area contributed by atoms with Crippen molar-refractivity contribution in [3.05, 3.63) is 118 Å². The second kappa shape index (κ2) is 18.9. The second-order valence-corrected chi connectivity index (χ2v) is 19.6. The molecule has 4 N–H and O–H groups in total. The monoisotopic (exact) mass is 914 g/mol. The number of likely N-dealkylation sites (tertiary alicyclic amines) is 1. The van der Waals surface area contributed by atoms with Crippen LogP contribution in [0.4, 0.5) is 30.2 Å². The van der Waals surface area contributed by atoms with Gasteiger partial charge in [0.05, 0.1) is 20.9 Å². The van der Waals surface area contributed by atoms with E-state index in [9.17, 15) is 36.5 Å². The summed E-state index contributed by atoms with van der Waals surface area (Å²) in [6.45, 7) is 11.2. The number of hydrogen-bond acceptors (Lipinski definition) is 9. The summed E-state index contributed by atoms with van der Waals surface area (Å²) in [6, 6.07) is 21.5. The maximum absolute atomic E-state index is 14.0. The predicted octanol–water partition coefficient (Wildman–Crippen LogP) is 9.58. The van der Waals surface area contributed by atoms with E-state index in [1.54, 1.807) is 42.6 Å². The minimum absolute atomic E-state index is 0.0262. The van der Waals surface area contributed by atoms with Gasteiger partial charge in [0.1, 0.15) is 17.2 Å². The number of anilines is 2. The van der Waals surface area contributed by atoms with Gasteiger partial charge in [0.15, 0.2) is 0 Å². The van der Waals surface area contributed by atoms with Gasteiger partial charge in [-0.25, -0.2) is 18.3 Å². The number of sulfonamides is 1. The van der Waals surface area contributed by atoms with Crippen molar-refractivity contribution >= 4 is 49.5 Å². The van der Waals surface area contributed by atoms with Crippen molar-refractivity contribution in [3.63, 3.8) is 0 Å². The predicted molar refractivity (Wildman–Crippen MR) is 244 cm³/mol. The number of piperazine rings is 1. The van der Waals surface area contributed by atoms with Crippen LogP contribution in [-0.4, -0.2) is 98.1 Å². The third-order valence-corrected chi connectivity index (χ3v) is 14.1. The van der Waals surface area contributed by atoms with E-state index in [1.807, 2.05) is 12.1 Å². The third kappa shape index (κ3) is 10.8. The van der Waals surface area contributed by atoms with Gasteiger partial charge in [-0.15, -0.1) is 0 Å². The first kappa shape index (κ1) is 45.7. The number of aromatic amines is 1. The molecule has 8 rings (SSSR count). The molecule has 1 amide bonds. The van der Waals surface area contributed by atoms with Crippen LogP contribution in [0.1, 0.15) is 73.9 Å². The number of nitrogens with one attached hydrogen (secondary N) is 3. The van der Waals surface area contributed by atoms with E-state index in [0.717, 1.165) is 91.2 Å². The molecule has 1 aromatic heterocycles. The molecule has 3 aliphatic rings. The van der Waals surface area contributed by atoms with E-state index in [0.29, 0.717) is 45.0 Å². The molecule has 17 heteroatoms. The summed E-state index contributed by atoms with van der Waals surface area (Å²) in [6.07, 6.45) is 3.12. The zero-order valence-electron chi connectivity index (χ0n) is 36.6. The molecule has 2 saturated heterocycles. The van der Waals surface area contributed by atoms with Crippen LogP contribution in [-0.2, 0) is 16.2 Å². The number of rotatable bonds is 15. The molecule has 0 unspecified atom stereocenters. The molecule has 2 fully saturated rings. The minimum atomic E-state index is -4.55. The number of carbonyl (C=O) groups is 1. The minimum Gasteiger partial charge on any atom is -0.456 e. The number of hydrogen-bond donors (Lipinski definition) is 4. The number of H-pyrrole nitrogens is 1. The summed E-state index contributed by atoms with van der Waals surface area (Å²) >= 11 is 0. The summed E-state index contributed by atoms with van der Waals surface area (Å²) in [7, 11) is -4.55. The van der Waals surface area contributed by atoms with Crippen LogP contribution in [0.3, 0.4) is 0 Å². The second-order valence-electron chi connectivity index (χ2n) is 18.0. The van der Waals surface area contributed by atoms with Crippen LogP contribution in [0.5, 0.6) is 11.5 Å². The largest absolute Gasteiger partial charge is 0.456 e. The van der Waals surface area contributed by atoms with Gasteiger partial charge in [-0.2, -0.15) is 13.2 Å². The van der Waals surface area contributed by atoms with Gasteiger partial charge < -0.3 is 24.8 Å². The molecule has 0 atom stereocenters. The lowest BCUT2D eigenvalue weighted by Gasteiger charge is -2.39. The summed E-state index contributed by atoms with van der Waals surface area (Å²) in [5.74, 6) is -0.390. The van der Waals surface area contributed by atoms with E-state index < -0.39 is 37.5 Å². The summed E-state index contributed by atoms with van der Waals surface area (Å²) in [4.78, 5) is 35.4. The molecule has 1 aliphatic carbocycles. The lowest BCUT2D eigenvalue weighted by Crippen LogP contribution is -2.47. The van der Waals surface area contributed by atoms with Crippen LogP contribution in [0.2, 0.25) is 0 Å². The number of benzene rings is 4. The number of amides is 1. The van der Waals surface area contributed by atoms with Crippen LogP contribution in [0, 0.1) is 10.3 Å². The lowest BCUT2D eigenvalue weighted by molar-refractivity contribution is -0.729. The van der Waals surface area contributed by atoms with Crippen molar-refractivity contribution in [2.45, 2.75) is 63.4 Å². The average molecular weight is 915 g/mol. The fourth-order valence-corrected chi connectivity index (χ4v) is 10.1. The highest BCUT2D eigenvalue weighted by atomic mass is 32.2. The van der Waals surface area contributed by atoms with E-state index in [1.165, 1.54) is 36.6 Å². The topological polar surface area (TPSA) is 150 Å². The van der Waals surface area contributed by atoms with Crippen LogP contribution in [0.15, 0.2) is 102 Å². The smallest absolute Gasteiger partial charge is 0.416 e. The Morgan fingerprint density at radius 2 is 1.66 bits per heavy atom. The summed E-state index contributed by atoms with van der Waals surface area (Å²) < 4.78 is 76.2. The number of nitrogens with zero attached hydrogens (tertiary/aromatic N) is 4. The molecule has 5 aromatic rings. The number of aromatic nitrogens is 1. The van der Waals surface area contributed by atoms with E-state index in [2.05, 4.69) is 43.6 Å². The molecular formula is C48H55F3N7O6S+. The fourth-order valence-electron chi connectivity index (χ4n) is 9.11. The number of carbonyl (C=O) groups excluding carboxylic acids is 1. The van der Waals surface area contributed by atoms with Gasteiger partial charge in [-0.05, 0) is 129 Å². The highest BCUT2D eigenvalue weighted by Crippen LogP contribution is 2.44. The Morgan fingerprint density at radius 1 is 0.908 bits per heavy atom. The fraction of sp³-hybridized carbons (Fsp3) is 0.396. The molecule has 0 spiro atoms. The SMILES string of the molecule is CC1(C)CCC(CN2CCN(c3ccc(C(=O)NS(=O)(=O)c4ccc(NCCCN5CCCC5)c([N+](=O)O)c4)c(Oc4cccc5[nH]ccc45)c3)CC2)=C(c2ccc(C(F)(F)F)cc2)C1. The van der Waals surface area contributed by atoms with Crippen molar-refractivity contribution in [2.75, 3.05) is 69.1 Å². The maximum Gasteiger partial charge on any atom is 0.416 e. The van der Waals surface area contributed by atoms with E-state index in [4.69, 9.17) is 4.74 Å². The highest BCUT2D eigenvalue weighted by molar-refractivity contribution is 7.90. The maximum atomic E-state index is 14.0. The van der Waals surface area contributed by atoms with Gasteiger partial charge in [0, 0.05) is 74.2 Å². The zero-order valence-corrected chi connectivity index (χ0v) is 37.4. The van der Waals surface area contributed by atoms with Gasteiger partial charge in [-0.1, -0.05) is 37.6 Å². The first-order valence-electron chi connectivity index (χ1n) is 22.1. The molecule has 2 aliphatic heterocycles. The number of fused-ring (bicyclic) bond motifs is 1. The van der Waals surface area contributed by atoms with Crippen molar-refractivity contribution in [3.8, 4) is 11.5 Å². The van der Waals surface area contributed by atoms with E-state index >= 15 is 0 Å². The van der Waals surface area contributed by atoms with Crippen LogP contribution < -0.4 is 19.7 Å². The first-order valence-corrected chi connectivity index (χ1v) is 23.6. The normalized spacial score (nSPS) is 17.4. The lowest BCUT2D eigenvalue weighted by atomic mass is 9.72. The van der Waals surface area contributed by atoms with Crippen LogP contribution >= 0.6 is 0 Å². The standard InChI is InChI=1S/C48H54F3N7O6S/c1-47(2)19-17-34(40(31-47)33-9-11-35(12-10-33)48(49,50)51)32-56-25-27-57(28-26-56)36-13-15-39(45(29-36)64-44-8-5-7-41-38(44)18-21-53-41)46(59)54-65(62,63)37-14-16-42(43(30-37)58(60)61)52-20-6-24-55-22-3-4-23-55/h5,7-16,18,21,29-30,52-53H,3-4,6,17,19-20,22-28,31-32H2,1-2H3,(H-,54,59,60,61)/p+1. The Balaban J connectivity index is 0.991. The number of halogens is 3. The highest BCUT2D eigenvalue weighted by Gasteiger charge is 2.33. The zero-order chi connectivity index (χ0) is 45.9. The molecule has 65 heavy (non-hydrogen) atoms. The number of ether oxygens (including phenoxy) is 1. The van der Waals surface area contributed by atoms with Gasteiger partial charge in [0.25, 0.3) is 20.9 Å². The molecule has 0 saturated carbocycles. The average Bonchev–Trinajstić information content (AvgIpc) is 3.99. The van der Waals surface area contributed by atoms with Crippen molar-refractivity contribution in [2.24, 2.45) is 5.41 Å². The molecule has 0 radical (unpaired) electrons. The molecule has 0 bridgehead atoms. The van der Waals surface area contributed by atoms with Crippen molar-refractivity contribution < 1.29 is 41.3 Å². The van der Waals surface area contributed by atoms with Crippen molar-refractivity contribution in [1.82, 2.24) is 19.5 Å². The van der Waals surface area contributed by atoms with Crippen LogP contribution in [0.25, 0.3) is 16.5 Å². The Kier molecular flexibility index (Phi) is 13.3. The number of alkyl halides is 3. The summed E-state index contributed by atoms with van der Waals surface area (Å²) in [5, 5.41) is 13.8. The Bertz CT molecular complexity index is 2690. The molecular weight excluding hydrogens is 860 g/mol. The first-order chi connectivity index (χ1) is 31.0. The Morgan fingerprint density at radius 3 is 2.38 bits per heavy atom. The van der Waals surface area contributed by atoms with Crippen molar-refractivity contribution in [1.29, 1.82) is 0 Å². The molecule has 13 nitrogen and oxygen atoms in total. The van der Waals surface area contributed by atoms with Gasteiger partial charge >= 0.3 is 11.9 Å². The quantitative estimate of drug-likeness (QED) is 0.0591. The number of allylic oxidation sites excluding steroid dienone is 1. The van der Waals surface area contributed by atoms with Gasteiger partial charge in [0.2, 0.25) is 0 Å². The molecule has 3 heterocycles. The van der Waals surface area contributed by atoms with Gasteiger partial charge in [-0.3, -0.25) is 9.69 Å². The summed E-state index contributed by atoms with van der Waals surface area (Å²) in [5.41, 5.74) is 4.00. The molecule has 4 aromatic carbocycles. The van der Waals surface area contributed by atoms with E-state index in [-0.39, 0.29) is 28.1 Å². The molecule has 344 valence electrons. The third-order valence-electron chi connectivity index (χ3n) is 12.8.